The van der Waals surface area contributed by atoms with Crippen LogP contribution in [-0.4, -0.2) is 46.7 Å². The van der Waals surface area contributed by atoms with Gasteiger partial charge in [0.25, 0.3) is 5.91 Å². The molecule has 1 amide bonds. The Morgan fingerprint density at radius 2 is 2.00 bits per heavy atom. The normalized spacial score (nSPS) is 17.3. The molecular weight excluding hydrogens is 316 g/mol. The molecule has 1 fully saturated rings. The van der Waals surface area contributed by atoms with Crippen LogP contribution < -0.4 is 10.1 Å². The Kier molecular flexibility index (Phi) is 4.33. The minimum absolute atomic E-state index is 0.0763. The number of hydrogen-bond acceptors (Lipinski definition) is 5. The lowest BCUT2D eigenvalue weighted by molar-refractivity contribution is -0.128. The molecule has 1 aromatic carbocycles. The summed E-state index contributed by atoms with van der Waals surface area (Å²) in [6, 6.07) is 11.9. The fourth-order valence-electron chi connectivity index (χ4n) is 3.26. The van der Waals surface area contributed by atoms with Gasteiger partial charge in [0.05, 0.1) is 5.57 Å². The Hall–Kier alpha value is -2.89. The molecule has 3 heterocycles. The van der Waals surface area contributed by atoms with Gasteiger partial charge in [-0.05, 0) is 37.1 Å². The summed E-state index contributed by atoms with van der Waals surface area (Å²) < 4.78 is 5.70. The number of amides is 1. The van der Waals surface area contributed by atoms with Crippen LogP contribution in [-0.2, 0) is 4.79 Å². The average Bonchev–Trinajstić information content (AvgIpc) is 2.68. The number of rotatable bonds is 3. The van der Waals surface area contributed by atoms with Gasteiger partial charge >= 0.3 is 0 Å². The molecule has 2 aliphatic heterocycles. The summed E-state index contributed by atoms with van der Waals surface area (Å²) in [5.41, 5.74) is 1.69. The maximum Gasteiger partial charge on any atom is 0.253 e. The molecule has 1 N–H and O–H groups in total. The molecule has 0 aliphatic carbocycles. The van der Waals surface area contributed by atoms with E-state index in [9.17, 15) is 4.79 Å². The zero-order valence-corrected chi connectivity index (χ0v) is 13.9. The van der Waals surface area contributed by atoms with E-state index in [1.807, 2.05) is 47.4 Å². The quantitative estimate of drug-likeness (QED) is 0.932. The first-order chi connectivity index (χ1) is 12.3. The second kappa shape index (κ2) is 6.93. The van der Waals surface area contributed by atoms with Crippen LogP contribution >= 0.6 is 0 Å². The summed E-state index contributed by atoms with van der Waals surface area (Å²) in [6.07, 6.45) is 5.40. The molecule has 6 heteroatoms. The standard InChI is InChI=1S/C19H20N4O2/c24-19(15-12-14-4-1-2-5-17(14)25-13-15)23-10-7-16(8-11-23)21-18-6-3-9-20-22-18/h1-6,9,12,16H,7-8,10-11,13H2,(H,21,22). The van der Waals surface area contributed by atoms with Gasteiger partial charge in [0.1, 0.15) is 18.2 Å². The van der Waals surface area contributed by atoms with E-state index in [0.717, 1.165) is 48.6 Å². The number of nitrogens with zero attached hydrogens (tertiary/aromatic N) is 3. The van der Waals surface area contributed by atoms with Crippen molar-refractivity contribution in [1.82, 2.24) is 15.1 Å². The first kappa shape index (κ1) is 15.6. The lowest BCUT2D eigenvalue weighted by Gasteiger charge is -2.33. The number of nitrogens with one attached hydrogen (secondary N) is 1. The summed E-state index contributed by atoms with van der Waals surface area (Å²) in [4.78, 5) is 14.7. The molecule has 1 aromatic heterocycles. The van der Waals surface area contributed by atoms with Crippen LogP contribution in [0.5, 0.6) is 5.75 Å². The molecular formula is C19H20N4O2. The first-order valence-electron chi connectivity index (χ1n) is 8.55. The number of carbonyl (C=O) groups is 1. The number of benzene rings is 1. The SMILES string of the molecule is O=C(C1=Cc2ccccc2OC1)N1CCC(Nc2cccnn2)CC1. The highest BCUT2D eigenvalue weighted by Gasteiger charge is 2.26. The molecule has 6 nitrogen and oxygen atoms in total. The van der Waals surface area contributed by atoms with Crippen LogP contribution in [0.3, 0.4) is 0 Å². The van der Waals surface area contributed by atoms with Gasteiger partial charge in [-0.1, -0.05) is 18.2 Å². The molecule has 2 aliphatic rings. The Labute approximate surface area is 146 Å². The highest BCUT2D eigenvalue weighted by molar-refractivity contribution is 5.99. The van der Waals surface area contributed by atoms with Crippen molar-refractivity contribution in [3.8, 4) is 5.75 Å². The van der Waals surface area contributed by atoms with Gasteiger partial charge in [0.15, 0.2) is 0 Å². The lowest BCUT2D eigenvalue weighted by atomic mass is 10.0. The highest BCUT2D eigenvalue weighted by Crippen LogP contribution is 2.27. The van der Waals surface area contributed by atoms with Crippen molar-refractivity contribution in [2.24, 2.45) is 0 Å². The number of para-hydroxylation sites is 1. The van der Waals surface area contributed by atoms with Crippen molar-refractivity contribution < 1.29 is 9.53 Å². The average molecular weight is 336 g/mol. The molecule has 1 saturated heterocycles. The van der Waals surface area contributed by atoms with Gasteiger partial charge in [-0.2, -0.15) is 5.10 Å². The number of hydrogen-bond donors (Lipinski definition) is 1. The molecule has 25 heavy (non-hydrogen) atoms. The van der Waals surface area contributed by atoms with Gasteiger partial charge < -0.3 is 15.0 Å². The minimum Gasteiger partial charge on any atom is -0.488 e. The van der Waals surface area contributed by atoms with Crippen LogP contribution in [0.25, 0.3) is 6.08 Å². The predicted molar refractivity (Wildman–Crippen MR) is 95.2 cm³/mol. The Bertz CT molecular complexity index is 783. The van der Waals surface area contributed by atoms with E-state index in [1.54, 1.807) is 6.20 Å². The second-order valence-electron chi connectivity index (χ2n) is 6.32. The molecule has 128 valence electrons. The van der Waals surface area contributed by atoms with Crippen molar-refractivity contribution in [2.75, 3.05) is 25.0 Å². The second-order valence-corrected chi connectivity index (χ2v) is 6.32. The molecule has 0 bridgehead atoms. The van der Waals surface area contributed by atoms with Crippen LogP contribution in [0.1, 0.15) is 18.4 Å². The monoisotopic (exact) mass is 336 g/mol. The molecule has 0 spiro atoms. The fourth-order valence-corrected chi connectivity index (χ4v) is 3.26. The van der Waals surface area contributed by atoms with Crippen LogP contribution in [0.15, 0.2) is 48.2 Å². The molecule has 0 unspecified atom stereocenters. The summed E-state index contributed by atoms with van der Waals surface area (Å²) in [7, 11) is 0. The van der Waals surface area contributed by atoms with Gasteiger partial charge in [-0.3, -0.25) is 4.79 Å². The third-order valence-electron chi connectivity index (χ3n) is 4.61. The summed E-state index contributed by atoms with van der Waals surface area (Å²) in [6.45, 7) is 1.80. The van der Waals surface area contributed by atoms with Crippen molar-refractivity contribution in [1.29, 1.82) is 0 Å². The van der Waals surface area contributed by atoms with E-state index in [2.05, 4.69) is 15.5 Å². The Morgan fingerprint density at radius 3 is 2.80 bits per heavy atom. The van der Waals surface area contributed by atoms with Crippen LogP contribution in [0, 0.1) is 0 Å². The smallest absolute Gasteiger partial charge is 0.253 e. The first-order valence-corrected chi connectivity index (χ1v) is 8.55. The number of likely N-dealkylation sites (tertiary alicyclic amines) is 1. The molecule has 0 atom stereocenters. The molecule has 0 radical (unpaired) electrons. The maximum atomic E-state index is 12.8. The molecule has 4 rings (SSSR count). The van der Waals surface area contributed by atoms with Crippen LogP contribution in [0.2, 0.25) is 0 Å². The number of anilines is 1. The van der Waals surface area contributed by atoms with E-state index < -0.39 is 0 Å². The third kappa shape index (κ3) is 3.47. The van der Waals surface area contributed by atoms with Gasteiger partial charge in [0.2, 0.25) is 0 Å². The number of fused-ring (bicyclic) bond motifs is 1. The van der Waals surface area contributed by atoms with E-state index in [0.29, 0.717) is 12.6 Å². The van der Waals surface area contributed by atoms with Crippen molar-refractivity contribution >= 4 is 17.8 Å². The number of aromatic nitrogens is 2. The fraction of sp³-hybridized carbons (Fsp3) is 0.316. The van der Waals surface area contributed by atoms with Crippen molar-refractivity contribution in [3.05, 3.63) is 53.7 Å². The summed E-state index contributed by atoms with van der Waals surface area (Å²) in [5, 5.41) is 11.3. The van der Waals surface area contributed by atoms with E-state index in [1.165, 1.54) is 0 Å². The van der Waals surface area contributed by atoms with Gasteiger partial charge in [0, 0.05) is 30.9 Å². The van der Waals surface area contributed by atoms with E-state index in [4.69, 9.17) is 4.74 Å². The lowest BCUT2D eigenvalue weighted by Crippen LogP contribution is -2.43. The highest BCUT2D eigenvalue weighted by atomic mass is 16.5. The number of piperidine rings is 1. The predicted octanol–water partition coefficient (Wildman–Crippen LogP) is 2.36. The van der Waals surface area contributed by atoms with Gasteiger partial charge in [-0.25, -0.2) is 0 Å². The number of ether oxygens (including phenoxy) is 1. The van der Waals surface area contributed by atoms with Crippen molar-refractivity contribution in [3.63, 3.8) is 0 Å². The maximum absolute atomic E-state index is 12.8. The van der Waals surface area contributed by atoms with E-state index in [-0.39, 0.29) is 5.91 Å². The zero-order chi connectivity index (χ0) is 17.1. The van der Waals surface area contributed by atoms with E-state index >= 15 is 0 Å². The molecule has 0 saturated carbocycles. The minimum atomic E-state index is 0.0763. The van der Waals surface area contributed by atoms with Crippen molar-refractivity contribution in [2.45, 2.75) is 18.9 Å². The Balaban J connectivity index is 1.36. The largest absolute Gasteiger partial charge is 0.488 e. The third-order valence-corrected chi connectivity index (χ3v) is 4.61. The number of carbonyl (C=O) groups excluding carboxylic acids is 1. The topological polar surface area (TPSA) is 67.3 Å². The molecule has 2 aromatic rings. The van der Waals surface area contributed by atoms with Crippen LogP contribution in [0.4, 0.5) is 5.82 Å². The summed E-state index contributed by atoms with van der Waals surface area (Å²) in [5.74, 6) is 1.70. The summed E-state index contributed by atoms with van der Waals surface area (Å²) >= 11 is 0. The Morgan fingerprint density at radius 1 is 1.16 bits per heavy atom. The van der Waals surface area contributed by atoms with Gasteiger partial charge in [-0.15, -0.1) is 5.10 Å². The zero-order valence-electron chi connectivity index (χ0n) is 13.9.